The summed E-state index contributed by atoms with van der Waals surface area (Å²) in [7, 11) is 0. The van der Waals surface area contributed by atoms with Gasteiger partial charge in [0.1, 0.15) is 0 Å². The van der Waals surface area contributed by atoms with Gasteiger partial charge in [-0.3, -0.25) is 14.6 Å². The molecule has 0 aliphatic rings. The predicted octanol–water partition coefficient (Wildman–Crippen LogP) is 2.14. The maximum atomic E-state index is 12.1. The molecule has 0 aliphatic heterocycles. The molecule has 140 valence electrons. The van der Waals surface area contributed by atoms with Gasteiger partial charge in [0, 0.05) is 24.8 Å². The van der Waals surface area contributed by atoms with Crippen molar-refractivity contribution < 1.29 is 4.79 Å². The van der Waals surface area contributed by atoms with Gasteiger partial charge in [0.25, 0.3) is 5.56 Å². The van der Waals surface area contributed by atoms with Crippen LogP contribution < -0.4 is 16.6 Å². The number of unbranched alkanes of at least 4 members (excludes halogenated alkanes) is 1. The van der Waals surface area contributed by atoms with Gasteiger partial charge in [-0.2, -0.15) is 0 Å². The van der Waals surface area contributed by atoms with E-state index in [0.717, 1.165) is 29.2 Å². The Bertz CT molecular complexity index is 1070. The van der Waals surface area contributed by atoms with Crippen LogP contribution in [0.5, 0.6) is 0 Å². The number of rotatable bonds is 7. The van der Waals surface area contributed by atoms with Gasteiger partial charge in [-0.1, -0.05) is 42.5 Å². The summed E-state index contributed by atoms with van der Waals surface area (Å²) in [5.41, 5.74) is 0.753. The molecule has 0 unspecified atom stereocenters. The maximum Gasteiger partial charge on any atom is 0.328 e. The number of carbonyl (C=O) groups excluding carboxylic acids is 1. The predicted molar refractivity (Wildman–Crippen MR) is 106 cm³/mol. The number of hydrogen-bond acceptors (Lipinski definition) is 3. The first kappa shape index (κ1) is 18.6. The molecular formula is C21H23N3O3. The molecule has 6 heteroatoms. The summed E-state index contributed by atoms with van der Waals surface area (Å²) in [6, 6.07) is 14.1. The quantitative estimate of drug-likeness (QED) is 0.629. The molecule has 3 rings (SSSR count). The average Bonchev–Trinajstić information content (AvgIpc) is 2.65. The van der Waals surface area contributed by atoms with Crippen LogP contribution in [0.3, 0.4) is 0 Å². The second kappa shape index (κ2) is 8.49. The summed E-state index contributed by atoms with van der Waals surface area (Å²) < 4.78 is 1.49. The fourth-order valence-electron chi connectivity index (χ4n) is 3.02. The van der Waals surface area contributed by atoms with Gasteiger partial charge in [-0.25, -0.2) is 4.79 Å². The van der Waals surface area contributed by atoms with Crippen molar-refractivity contribution in [3.8, 4) is 0 Å². The van der Waals surface area contributed by atoms with E-state index in [1.165, 1.54) is 4.57 Å². The minimum atomic E-state index is -0.397. The van der Waals surface area contributed by atoms with Crippen molar-refractivity contribution in [1.82, 2.24) is 14.9 Å². The molecule has 0 bridgehead atoms. The molecule has 0 saturated carbocycles. The summed E-state index contributed by atoms with van der Waals surface area (Å²) in [6.45, 7) is 2.74. The average molecular weight is 365 g/mol. The molecule has 1 amide bonds. The Hall–Kier alpha value is -3.15. The molecule has 2 N–H and O–H groups in total. The fraction of sp³-hybridized carbons (Fsp3) is 0.286. The summed E-state index contributed by atoms with van der Waals surface area (Å²) >= 11 is 0. The Morgan fingerprint density at radius 2 is 1.85 bits per heavy atom. The monoisotopic (exact) mass is 365 g/mol. The van der Waals surface area contributed by atoms with Crippen molar-refractivity contribution in [2.45, 2.75) is 32.7 Å². The van der Waals surface area contributed by atoms with Crippen molar-refractivity contribution in [3.63, 3.8) is 0 Å². The molecule has 0 spiro atoms. The van der Waals surface area contributed by atoms with Crippen molar-refractivity contribution >= 4 is 16.7 Å². The Balaban J connectivity index is 1.43. The number of fused-ring (bicyclic) bond motifs is 1. The van der Waals surface area contributed by atoms with Crippen molar-refractivity contribution in [3.05, 3.63) is 80.6 Å². The first-order chi connectivity index (χ1) is 13.0. The second-order valence-electron chi connectivity index (χ2n) is 6.68. The van der Waals surface area contributed by atoms with Crippen molar-refractivity contribution in [1.29, 1.82) is 0 Å². The van der Waals surface area contributed by atoms with E-state index >= 15 is 0 Å². The standard InChI is InChI=1S/C21H23N3O3/c1-15-14-24(21(27)23-20(15)26)11-5-4-10-22-19(25)13-16-8-9-17-6-2-3-7-18(17)12-16/h2-3,6-9,12,14H,4-5,10-11,13H2,1H3,(H,22,25)(H,23,26,27). The zero-order chi connectivity index (χ0) is 19.2. The van der Waals surface area contributed by atoms with E-state index in [-0.39, 0.29) is 11.5 Å². The number of aryl methyl sites for hydroxylation is 2. The SMILES string of the molecule is Cc1cn(CCCCNC(=O)Cc2ccc3ccccc3c2)c(=O)[nH]c1=O. The van der Waals surface area contributed by atoms with Crippen LogP contribution in [0.2, 0.25) is 0 Å². The van der Waals surface area contributed by atoms with Crippen LogP contribution in [-0.4, -0.2) is 22.0 Å². The van der Waals surface area contributed by atoms with Crippen LogP contribution in [0.4, 0.5) is 0 Å². The minimum Gasteiger partial charge on any atom is -0.356 e. The Labute approximate surface area is 156 Å². The third-order valence-electron chi connectivity index (χ3n) is 4.52. The molecule has 0 fully saturated rings. The lowest BCUT2D eigenvalue weighted by molar-refractivity contribution is -0.120. The summed E-state index contributed by atoms with van der Waals surface area (Å²) in [5.74, 6) is -0.0117. The van der Waals surface area contributed by atoms with Gasteiger partial charge in [-0.05, 0) is 36.1 Å². The molecular weight excluding hydrogens is 342 g/mol. The number of aromatic nitrogens is 2. The first-order valence-electron chi connectivity index (χ1n) is 9.08. The van der Waals surface area contributed by atoms with E-state index in [1.54, 1.807) is 13.1 Å². The number of benzene rings is 2. The molecule has 0 saturated heterocycles. The molecule has 0 radical (unpaired) electrons. The Morgan fingerprint density at radius 3 is 2.67 bits per heavy atom. The maximum absolute atomic E-state index is 12.1. The largest absolute Gasteiger partial charge is 0.356 e. The smallest absolute Gasteiger partial charge is 0.328 e. The van der Waals surface area contributed by atoms with Crippen LogP contribution in [0.1, 0.15) is 24.0 Å². The van der Waals surface area contributed by atoms with Crippen LogP contribution in [0.15, 0.2) is 58.3 Å². The first-order valence-corrected chi connectivity index (χ1v) is 9.08. The third kappa shape index (κ3) is 4.94. The molecule has 3 aromatic rings. The summed E-state index contributed by atoms with van der Waals surface area (Å²) in [4.78, 5) is 37.4. The summed E-state index contributed by atoms with van der Waals surface area (Å²) in [6.07, 6.45) is 3.42. The van der Waals surface area contributed by atoms with E-state index in [9.17, 15) is 14.4 Å². The van der Waals surface area contributed by atoms with E-state index in [1.807, 2.05) is 42.5 Å². The molecule has 6 nitrogen and oxygen atoms in total. The van der Waals surface area contributed by atoms with Crippen LogP contribution >= 0.6 is 0 Å². The highest BCUT2D eigenvalue weighted by molar-refractivity contribution is 5.85. The molecule has 0 atom stereocenters. The van der Waals surface area contributed by atoms with Crippen LogP contribution in [0, 0.1) is 6.92 Å². The van der Waals surface area contributed by atoms with Crippen molar-refractivity contribution in [2.24, 2.45) is 0 Å². The molecule has 27 heavy (non-hydrogen) atoms. The lowest BCUT2D eigenvalue weighted by Gasteiger charge is -2.08. The van der Waals surface area contributed by atoms with Gasteiger partial charge in [0.05, 0.1) is 6.42 Å². The minimum absolute atomic E-state index is 0.0117. The van der Waals surface area contributed by atoms with E-state index < -0.39 is 5.69 Å². The van der Waals surface area contributed by atoms with Gasteiger partial charge in [0.2, 0.25) is 5.91 Å². The number of carbonyl (C=O) groups is 1. The van der Waals surface area contributed by atoms with Crippen LogP contribution in [-0.2, 0) is 17.8 Å². The number of amides is 1. The van der Waals surface area contributed by atoms with Gasteiger partial charge in [0.15, 0.2) is 0 Å². The lowest BCUT2D eigenvalue weighted by Crippen LogP contribution is -2.31. The number of aromatic amines is 1. The number of nitrogens with zero attached hydrogens (tertiary/aromatic N) is 1. The Morgan fingerprint density at radius 1 is 1.07 bits per heavy atom. The zero-order valence-electron chi connectivity index (χ0n) is 15.3. The van der Waals surface area contributed by atoms with Gasteiger partial charge in [-0.15, -0.1) is 0 Å². The topological polar surface area (TPSA) is 84.0 Å². The fourth-order valence-corrected chi connectivity index (χ4v) is 3.02. The highest BCUT2D eigenvalue weighted by Crippen LogP contribution is 2.15. The van der Waals surface area contributed by atoms with E-state index in [2.05, 4.69) is 10.3 Å². The second-order valence-corrected chi connectivity index (χ2v) is 6.68. The van der Waals surface area contributed by atoms with E-state index in [4.69, 9.17) is 0 Å². The van der Waals surface area contributed by atoms with E-state index in [0.29, 0.717) is 25.1 Å². The third-order valence-corrected chi connectivity index (χ3v) is 4.52. The normalized spacial score (nSPS) is 10.9. The lowest BCUT2D eigenvalue weighted by atomic mass is 10.0. The Kier molecular flexibility index (Phi) is 5.86. The van der Waals surface area contributed by atoms with Gasteiger partial charge >= 0.3 is 5.69 Å². The molecule has 2 aromatic carbocycles. The highest BCUT2D eigenvalue weighted by atomic mass is 16.2. The summed E-state index contributed by atoms with van der Waals surface area (Å²) in [5, 5.41) is 5.21. The molecule has 1 heterocycles. The zero-order valence-corrected chi connectivity index (χ0v) is 15.3. The molecule has 0 aliphatic carbocycles. The number of nitrogens with one attached hydrogen (secondary N) is 2. The number of hydrogen-bond donors (Lipinski definition) is 2. The molecule has 1 aromatic heterocycles. The van der Waals surface area contributed by atoms with Crippen LogP contribution in [0.25, 0.3) is 10.8 Å². The van der Waals surface area contributed by atoms with Gasteiger partial charge < -0.3 is 9.88 Å². The highest BCUT2D eigenvalue weighted by Gasteiger charge is 2.04. The van der Waals surface area contributed by atoms with Crippen molar-refractivity contribution in [2.75, 3.05) is 6.54 Å². The number of H-pyrrole nitrogens is 1.